The Morgan fingerprint density at radius 2 is 0.659 bits per heavy atom. The normalized spacial score (nSPS) is 15.0. The van der Waals surface area contributed by atoms with Crippen LogP contribution in [0.2, 0.25) is 0 Å². The first-order valence-electron chi connectivity index (χ1n) is 23.1. The third-order valence-electron chi connectivity index (χ3n) is 13.0. The molecule has 6 aromatic carbocycles. The summed E-state index contributed by atoms with van der Waals surface area (Å²) < 4.78 is 375. The summed E-state index contributed by atoms with van der Waals surface area (Å²) in [4.78, 5) is 0. The number of halogens is 26. The van der Waals surface area contributed by atoms with Crippen molar-refractivity contribution in [1.29, 1.82) is 0 Å². The molecule has 0 heterocycles. The Balaban J connectivity index is 1.50. The van der Waals surface area contributed by atoms with Crippen molar-refractivity contribution < 1.29 is 134 Å². The lowest BCUT2D eigenvalue weighted by molar-refractivity contribution is -0.440. The summed E-state index contributed by atoms with van der Waals surface area (Å²) in [5.41, 5.74) is -1.47. The van der Waals surface area contributed by atoms with Crippen LogP contribution in [-0.2, 0) is 12.8 Å². The van der Waals surface area contributed by atoms with Gasteiger partial charge in [0.05, 0.1) is 0 Å². The van der Waals surface area contributed by atoms with Crippen LogP contribution >= 0.6 is 0 Å². The Kier molecular flexibility index (Phi) is 17.3. The van der Waals surface area contributed by atoms with Gasteiger partial charge < -0.3 is 19.7 Å². The molecule has 0 aliphatic heterocycles. The molecule has 2 atom stereocenters. The van der Waals surface area contributed by atoms with Gasteiger partial charge in [-0.1, -0.05) is 109 Å². The van der Waals surface area contributed by atoms with Crippen molar-refractivity contribution in [2.75, 3.05) is 13.2 Å². The molecule has 0 radical (unpaired) electrons. The molecule has 450 valence electrons. The van der Waals surface area contributed by atoms with Crippen LogP contribution in [0.3, 0.4) is 0 Å². The van der Waals surface area contributed by atoms with Crippen molar-refractivity contribution in [3.05, 3.63) is 144 Å². The minimum absolute atomic E-state index is 0.0326. The van der Waals surface area contributed by atoms with Crippen LogP contribution in [0, 0.1) is 0 Å². The number of benzene rings is 6. The van der Waals surface area contributed by atoms with Gasteiger partial charge in [-0.25, -0.2) is 0 Å². The zero-order valence-electron chi connectivity index (χ0n) is 40.5. The smallest absolute Gasteiger partial charge is 0.460 e. The molecule has 0 spiro atoms. The van der Waals surface area contributed by atoms with E-state index in [0.29, 0.717) is 0 Å². The van der Waals surface area contributed by atoms with E-state index < -0.39 is 134 Å². The second kappa shape index (κ2) is 21.9. The van der Waals surface area contributed by atoms with Gasteiger partial charge in [-0.2, -0.15) is 114 Å². The van der Waals surface area contributed by atoms with Crippen LogP contribution < -0.4 is 9.47 Å². The number of ether oxygens (including phenoxy) is 2. The summed E-state index contributed by atoms with van der Waals surface area (Å²) in [7, 11) is 0. The summed E-state index contributed by atoms with van der Waals surface area (Å²) in [6.45, 7) is -1.39. The van der Waals surface area contributed by atoms with Crippen molar-refractivity contribution >= 4 is 21.5 Å². The van der Waals surface area contributed by atoms with Gasteiger partial charge >= 0.3 is 71.6 Å². The zero-order chi connectivity index (χ0) is 61.9. The first-order chi connectivity index (χ1) is 37.3. The van der Waals surface area contributed by atoms with Crippen molar-refractivity contribution in [3.8, 4) is 22.6 Å². The summed E-state index contributed by atoms with van der Waals surface area (Å²) in [5.74, 6) is -77.6. The molecule has 0 aromatic heterocycles. The Hall–Kier alpha value is -6.46. The molecule has 0 unspecified atom stereocenters. The molecular weight excluding hydrogens is 1180 g/mol. The van der Waals surface area contributed by atoms with Gasteiger partial charge in [-0.05, 0) is 68.8 Å². The molecule has 0 bridgehead atoms. The van der Waals surface area contributed by atoms with Gasteiger partial charge in [0.2, 0.25) is 0 Å². The van der Waals surface area contributed by atoms with Crippen LogP contribution in [-0.4, -0.2) is 95.0 Å². The number of alkyl halides is 26. The molecule has 0 saturated carbocycles. The highest BCUT2D eigenvalue weighted by Crippen LogP contribution is 2.63. The van der Waals surface area contributed by atoms with E-state index in [9.17, 15) is 116 Å². The number of rotatable bonds is 23. The number of hydrogen-bond donors (Lipinski definition) is 2. The van der Waals surface area contributed by atoms with Gasteiger partial charge in [-0.3, -0.25) is 0 Å². The molecule has 0 aliphatic rings. The minimum atomic E-state index is -8.19. The Labute approximate surface area is 443 Å². The fourth-order valence-corrected chi connectivity index (χ4v) is 8.17. The highest BCUT2D eigenvalue weighted by molar-refractivity contribution is 6.10. The third kappa shape index (κ3) is 11.2. The lowest BCUT2D eigenvalue weighted by Gasteiger charge is -2.39. The van der Waals surface area contributed by atoms with E-state index in [2.05, 4.69) is 0 Å². The topological polar surface area (TPSA) is 58.9 Å². The van der Waals surface area contributed by atoms with Crippen molar-refractivity contribution in [1.82, 2.24) is 0 Å². The third-order valence-corrected chi connectivity index (χ3v) is 13.0. The second-order valence-corrected chi connectivity index (χ2v) is 18.5. The van der Waals surface area contributed by atoms with E-state index in [4.69, 9.17) is 9.47 Å². The largest absolute Gasteiger partial charge is 0.490 e. The van der Waals surface area contributed by atoms with Gasteiger partial charge in [0, 0.05) is 24.0 Å². The van der Waals surface area contributed by atoms with Crippen LogP contribution in [0.4, 0.5) is 114 Å². The number of fused-ring (bicyclic) bond motifs is 2. The predicted molar refractivity (Wildman–Crippen MR) is 239 cm³/mol. The van der Waals surface area contributed by atoms with E-state index in [-0.39, 0.29) is 55.3 Å². The van der Waals surface area contributed by atoms with E-state index in [1.54, 1.807) is 12.1 Å². The summed E-state index contributed by atoms with van der Waals surface area (Å²) in [6.07, 6.45) is -26.9. The highest BCUT2D eigenvalue weighted by Gasteiger charge is 2.92. The van der Waals surface area contributed by atoms with Gasteiger partial charge in [0.25, 0.3) is 0 Å². The highest BCUT2D eigenvalue weighted by atomic mass is 19.4. The molecule has 6 aromatic rings. The number of aliphatic hydroxyl groups excluding tert-OH is 2. The zero-order valence-corrected chi connectivity index (χ0v) is 40.5. The number of aliphatic hydroxyl groups is 2. The lowest BCUT2D eigenvalue weighted by Crippen LogP contribution is -2.70. The van der Waals surface area contributed by atoms with Gasteiger partial charge in [-0.15, -0.1) is 0 Å². The van der Waals surface area contributed by atoms with E-state index in [1.165, 1.54) is 60.7 Å². The number of hydrogen-bond acceptors (Lipinski definition) is 4. The Morgan fingerprint density at radius 1 is 0.329 bits per heavy atom. The van der Waals surface area contributed by atoms with Crippen molar-refractivity contribution in [3.63, 3.8) is 0 Å². The maximum atomic E-state index is 15.2. The van der Waals surface area contributed by atoms with E-state index in [0.717, 1.165) is 48.5 Å². The molecule has 4 nitrogen and oxygen atoms in total. The molecule has 30 heteroatoms. The monoisotopic (exact) mass is 1220 g/mol. The standard InChI is InChI=1S/C52H36F26O4/c53-41(54,43(57,58)45(61,62)47(65,66)49(69,70)51(73,74)75)21-19-27-12-16-33-32(23-27)15-18-37(81-25-35(79)30-7-3-1-4-8-30)39(33)40-34-24-28(11-13-29(34)14-17-38(40)82-26-36(80)31-9-5-2-6-10-31)20-22-42(55,56)44(59,60)46(63,64)48(67,68)50(71,72)52(76,77)78/h1-18,23-24,35-36,79-80H,19-22,25-26H2/t35-,36-/m1/s1. The minimum Gasteiger partial charge on any atom is -0.490 e. The predicted octanol–water partition coefficient (Wildman–Crippen LogP) is 17.2. The SMILES string of the molecule is O[C@H](COc1ccc2cc(CCC(F)(F)C(F)(F)C(F)(F)C(F)(F)C(F)(F)C(F)(F)F)ccc2c1-c1c(OC[C@@H](O)c2ccccc2)ccc2ccc(CCC(F)(F)C(F)(F)C(F)(F)C(F)(F)C(F)(F)C(F)(F)F)cc12)c1ccccc1. The van der Waals surface area contributed by atoms with Crippen LogP contribution in [0.25, 0.3) is 32.7 Å². The fourth-order valence-electron chi connectivity index (χ4n) is 8.17. The van der Waals surface area contributed by atoms with Gasteiger partial charge in [0.1, 0.15) is 36.9 Å². The molecule has 0 saturated heterocycles. The molecular formula is C52H36F26O4. The van der Waals surface area contributed by atoms with E-state index in [1.807, 2.05) is 0 Å². The molecule has 0 fully saturated rings. The average molecular weight is 1220 g/mol. The summed E-state index contributed by atoms with van der Waals surface area (Å²) in [5, 5.41) is 21.3. The lowest BCUT2D eigenvalue weighted by atomic mass is 9.88. The van der Waals surface area contributed by atoms with Crippen molar-refractivity contribution in [2.24, 2.45) is 0 Å². The fraction of sp³-hybridized carbons (Fsp3) is 0.385. The maximum absolute atomic E-state index is 15.2. The quantitative estimate of drug-likeness (QED) is 0.0628. The Bertz CT molecular complexity index is 3200. The van der Waals surface area contributed by atoms with E-state index >= 15 is 8.78 Å². The van der Waals surface area contributed by atoms with Crippen molar-refractivity contribution in [2.45, 2.75) is 109 Å². The second-order valence-electron chi connectivity index (χ2n) is 18.5. The maximum Gasteiger partial charge on any atom is 0.460 e. The van der Waals surface area contributed by atoms with Crippen LogP contribution in [0.15, 0.2) is 121 Å². The summed E-state index contributed by atoms with van der Waals surface area (Å²) in [6, 6.07) is 24.5. The molecule has 0 amide bonds. The van der Waals surface area contributed by atoms with Crippen LogP contribution in [0.1, 0.15) is 47.3 Å². The first-order valence-corrected chi connectivity index (χ1v) is 23.1. The molecule has 6 rings (SSSR count). The van der Waals surface area contributed by atoms with Crippen LogP contribution in [0.5, 0.6) is 11.5 Å². The Morgan fingerprint density at radius 3 is 1.05 bits per heavy atom. The molecule has 2 N–H and O–H groups in total. The average Bonchev–Trinajstić information content (AvgIpc) is 3.39. The first kappa shape index (κ1) is 64.7. The van der Waals surface area contributed by atoms with Gasteiger partial charge in [0.15, 0.2) is 0 Å². The molecule has 0 aliphatic carbocycles. The number of aryl methyl sites for hydroxylation is 2. The molecule has 82 heavy (non-hydrogen) atoms. The summed E-state index contributed by atoms with van der Waals surface area (Å²) >= 11 is 0.